The molecule has 0 bridgehead atoms. The average Bonchev–Trinajstić information content (AvgIpc) is 2.82. The monoisotopic (exact) mass is 232 g/mol. The molecule has 2 aromatic rings. The molecule has 0 aromatic carbocycles. The molecule has 0 saturated carbocycles. The molecule has 0 aliphatic carbocycles. The van der Waals surface area contributed by atoms with Crippen molar-refractivity contribution in [1.82, 2.24) is 19.7 Å². The highest BCUT2D eigenvalue weighted by atomic mass is 15.3. The van der Waals surface area contributed by atoms with Gasteiger partial charge in [0.05, 0.1) is 6.54 Å². The number of rotatable bonds is 5. The summed E-state index contributed by atoms with van der Waals surface area (Å²) in [7, 11) is 1.80. The summed E-state index contributed by atoms with van der Waals surface area (Å²) in [6.07, 6.45) is 5.44. The highest BCUT2D eigenvalue weighted by Crippen LogP contribution is 2.07. The third-order valence-electron chi connectivity index (χ3n) is 2.29. The molecule has 0 radical (unpaired) electrons. The van der Waals surface area contributed by atoms with Crippen LogP contribution in [0.25, 0.3) is 0 Å². The second kappa shape index (κ2) is 5.29. The Hall–Kier alpha value is -2.11. The van der Waals surface area contributed by atoms with Crippen molar-refractivity contribution in [1.29, 1.82) is 0 Å². The van der Waals surface area contributed by atoms with Crippen molar-refractivity contribution in [2.75, 3.05) is 17.7 Å². The summed E-state index contributed by atoms with van der Waals surface area (Å²) in [5.41, 5.74) is 0. The van der Waals surface area contributed by atoms with E-state index in [0.717, 1.165) is 12.4 Å². The lowest BCUT2D eigenvalue weighted by molar-refractivity contribution is 0.559. The Morgan fingerprint density at radius 2 is 2.29 bits per heavy atom. The molecule has 0 amide bonds. The van der Waals surface area contributed by atoms with Crippen LogP contribution in [0.3, 0.4) is 0 Å². The first-order chi connectivity index (χ1) is 8.28. The molecule has 6 nitrogen and oxygen atoms in total. The third kappa shape index (κ3) is 3.17. The van der Waals surface area contributed by atoms with Gasteiger partial charge >= 0.3 is 0 Å². The zero-order valence-corrected chi connectivity index (χ0v) is 9.96. The van der Waals surface area contributed by atoms with Crippen LogP contribution in [0.15, 0.2) is 30.7 Å². The summed E-state index contributed by atoms with van der Waals surface area (Å²) in [5.74, 6) is 1.42. The van der Waals surface area contributed by atoms with E-state index in [-0.39, 0.29) is 6.04 Å². The number of hydrogen-bond acceptors (Lipinski definition) is 5. The van der Waals surface area contributed by atoms with E-state index >= 15 is 0 Å². The third-order valence-corrected chi connectivity index (χ3v) is 2.29. The fraction of sp³-hybridized carbons (Fsp3) is 0.364. The van der Waals surface area contributed by atoms with Gasteiger partial charge in [0.1, 0.15) is 5.82 Å². The van der Waals surface area contributed by atoms with Gasteiger partial charge in [0.15, 0.2) is 0 Å². The lowest BCUT2D eigenvalue weighted by atomic mass is 10.3. The molecule has 6 heteroatoms. The smallest absolute Gasteiger partial charge is 0.224 e. The van der Waals surface area contributed by atoms with E-state index in [4.69, 9.17) is 0 Å². The van der Waals surface area contributed by atoms with Gasteiger partial charge in [0.2, 0.25) is 5.95 Å². The molecule has 1 unspecified atom stereocenters. The molecule has 2 rings (SSSR count). The first-order valence-corrected chi connectivity index (χ1v) is 5.52. The average molecular weight is 232 g/mol. The number of hydrogen-bond donors (Lipinski definition) is 2. The summed E-state index contributed by atoms with van der Waals surface area (Å²) < 4.78 is 1.89. The molecule has 1 atom stereocenters. The van der Waals surface area contributed by atoms with Gasteiger partial charge in [-0.15, -0.1) is 0 Å². The van der Waals surface area contributed by atoms with Crippen molar-refractivity contribution >= 4 is 11.8 Å². The van der Waals surface area contributed by atoms with Crippen LogP contribution >= 0.6 is 0 Å². The van der Waals surface area contributed by atoms with Crippen LogP contribution in [0.4, 0.5) is 11.8 Å². The predicted molar refractivity (Wildman–Crippen MR) is 66.9 cm³/mol. The first-order valence-electron chi connectivity index (χ1n) is 5.52. The van der Waals surface area contributed by atoms with Crippen molar-refractivity contribution in [2.24, 2.45) is 0 Å². The van der Waals surface area contributed by atoms with E-state index in [2.05, 4.69) is 32.6 Å². The number of nitrogens with zero attached hydrogens (tertiary/aromatic N) is 4. The molecule has 2 heterocycles. The fourth-order valence-electron chi connectivity index (χ4n) is 1.55. The SMILES string of the molecule is CNc1nccc(NC(C)Cn2cccn2)n1. The summed E-state index contributed by atoms with van der Waals surface area (Å²) in [6.45, 7) is 2.88. The van der Waals surface area contributed by atoms with Gasteiger partial charge in [-0.2, -0.15) is 10.1 Å². The van der Waals surface area contributed by atoms with Crippen molar-refractivity contribution in [3.05, 3.63) is 30.7 Å². The molecule has 17 heavy (non-hydrogen) atoms. The molecule has 0 spiro atoms. The maximum Gasteiger partial charge on any atom is 0.224 e. The van der Waals surface area contributed by atoms with Crippen LogP contribution in [-0.2, 0) is 6.54 Å². The van der Waals surface area contributed by atoms with Crippen LogP contribution in [-0.4, -0.2) is 32.8 Å². The number of anilines is 2. The van der Waals surface area contributed by atoms with Crippen LogP contribution in [0.5, 0.6) is 0 Å². The highest BCUT2D eigenvalue weighted by molar-refractivity contribution is 5.39. The van der Waals surface area contributed by atoms with Crippen LogP contribution < -0.4 is 10.6 Å². The standard InChI is InChI=1S/C11H16N6/c1-9(8-17-7-3-5-14-17)15-10-4-6-13-11(12-2)16-10/h3-7,9H,8H2,1-2H3,(H2,12,13,15,16). The summed E-state index contributed by atoms with van der Waals surface area (Å²) in [4.78, 5) is 8.36. The lowest BCUT2D eigenvalue weighted by Crippen LogP contribution is -2.23. The van der Waals surface area contributed by atoms with Gasteiger partial charge in [-0.05, 0) is 19.1 Å². The minimum Gasteiger partial charge on any atom is -0.366 e. The summed E-state index contributed by atoms with van der Waals surface area (Å²) in [6, 6.07) is 4.01. The van der Waals surface area contributed by atoms with Gasteiger partial charge in [-0.25, -0.2) is 4.98 Å². The normalized spacial score (nSPS) is 12.1. The lowest BCUT2D eigenvalue weighted by Gasteiger charge is -2.14. The van der Waals surface area contributed by atoms with Crippen LogP contribution in [0.1, 0.15) is 6.92 Å². The van der Waals surface area contributed by atoms with Gasteiger partial charge < -0.3 is 10.6 Å². The number of nitrogens with one attached hydrogen (secondary N) is 2. The summed E-state index contributed by atoms with van der Waals surface area (Å²) in [5, 5.41) is 10.4. The van der Waals surface area contributed by atoms with Crippen LogP contribution in [0, 0.1) is 0 Å². The van der Waals surface area contributed by atoms with Crippen molar-refractivity contribution in [2.45, 2.75) is 19.5 Å². The second-order valence-electron chi connectivity index (χ2n) is 3.79. The van der Waals surface area contributed by atoms with E-state index in [1.807, 2.05) is 23.0 Å². The van der Waals surface area contributed by atoms with Gasteiger partial charge in [0.25, 0.3) is 0 Å². The highest BCUT2D eigenvalue weighted by Gasteiger charge is 2.04. The minimum absolute atomic E-state index is 0.245. The zero-order chi connectivity index (χ0) is 12.1. The van der Waals surface area contributed by atoms with Crippen LogP contribution in [0.2, 0.25) is 0 Å². The Morgan fingerprint density at radius 1 is 1.41 bits per heavy atom. The zero-order valence-electron chi connectivity index (χ0n) is 9.96. The largest absolute Gasteiger partial charge is 0.366 e. The number of aromatic nitrogens is 4. The maximum atomic E-state index is 4.30. The molecular formula is C11H16N6. The first kappa shape index (κ1) is 11.4. The van der Waals surface area contributed by atoms with E-state index in [1.54, 1.807) is 19.4 Å². The van der Waals surface area contributed by atoms with Crippen molar-refractivity contribution in [3.8, 4) is 0 Å². The molecule has 2 aromatic heterocycles. The van der Waals surface area contributed by atoms with Crippen molar-refractivity contribution < 1.29 is 0 Å². The molecule has 0 aliphatic heterocycles. The van der Waals surface area contributed by atoms with Gasteiger partial charge in [0, 0.05) is 31.7 Å². The Labute approximate surface area is 100 Å². The quantitative estimate of drug-likeness (QED) is 0.811. The molecule has 0 aliphatic rings. The molecule has 2 N–H and O–H groups in total. The summed E-state index contributed by atoms with van der Waals surface area (Å²) >= 11 is 0. The fourth-order valence-corrected chi connectivity index (χ4v) is 1.55. The van der Waals surface area contributed by atoms with E-state index in [1.165, 1.54) is 0 Å². The van der Waals surface area contributed by atoms with Crippen molar-refractivity contribution in [3.63, 3.8) is 0 Å². The molecular weight excluding hydrogens is 216 g/mol. The van der Waals surface area contributed by atoms with E-state index in [0.29, 0.717) is 5.95 Å². The van der Waals surface area contributed by atoms with Gasteiger partial charge in [-0.3, -0.25) is 4.68 Å². The van der Waals surface area contributed by atoms with Gasteiger partial charge in [-0.1, -0.05) is 0 Å². The molecule has 0 fully saturated rings. The Bertz CT molecular complexity index is 453. The second-order valence-corrected chi connectivity index (χ2v) is 3.79. The minimum atomic E-state index is 0.245. The van der Waals surface area contributed by atoms with E-state index < -0.39 is 0 Å². The van der Waals surface area contributed by atoms with E-state index in [9.17, 15) is 0 Å². The molecule has 90 valence electrons. The Balaban J connectivity index is 1.95. The Kier molecular flexibility index (Phi) is 3.54. The topological polar surface area (TPSA) is 67.7 Å². The molecule has 0 saturated heterocycles. The Morgan fingerprint density at radius 3 is 3.00 bits per heavy atom. The predicted octanol–water partition coefficient (Wildman–Crippen LogP) is 1.22. The maximum absolute atomic E-state index is 4.30.